The summed E-state index contributed by atoms with van der Waals surface area (Å²) >= 11 is 0. The smallest absolute Gasteiger partial charge is 0.0675 e. The molecule has 7 rings (SSSR count). The summed E-state index contributed by atoms with van der Waals surface area (Å²) in [5.41, 5.74) is 10.1. The molecule has 58 heavy (non-hydrogen) atoms. The summed E-state index contributed by atoms with van der Waals surface area (Å²) in [6.07, 6.45) is 11.7. The number of ether oxygens (including phenoxy) is 1. The van der Waals surface area contributed by atoms with Crippen molar-refractivity contribution in [1.82, 2.24) is 0 Å². The van der Waals surface area contributed by atoms with Gasteiger partial charge in [-0.2, -0.15) is 0 Å². The minimum absolute atomic E-state index is 0.106. The van der Waals surface area contributed by atoms with Crippen molar-refractivity contribution in [1.29, 1.82) is 0 Å². The zero-order valence-electron chi connectivity index (χ0n) is 41.1. The summed E-state index contributed by atoms with van der Waals surface area (Å²) in [7, 11) is 2.04. The highest BCUT2D eigenvalue weighted by Crippen LogP contribution is 2.66. The van der Waals surface area contributed by atoms with Crippen molar-refractivity contribution in [2.45, 2.75) is 209 Å². The van der Waals surface area contributed by atoms with Crippen LogP contribution in [0.2, 0.25) is 0 Å². The Balaban J connectivity index is 1.26. The Bertz CT molecular complexity index is 1690. The molecule has 1 nitrogen and oxygen atoms in total. The molecule has 5 fully saturated rings. The van der Waals surface area contributed by atoms with Crippen molar-refractivity contribution in [2.75, 3.05) is 7.11 Å². The molecule has 324 valence electrons. The standard InChI is InChI=1S/C57H90O/c1-33-22-47-45(28-35-20-19-21-42(35)50(47)36-24-38(53(3,4)5)29-39(25-36)54(6,7)8)43(33)31-44-34(2)23-48-46(44)32-49(57(15,16)17)52(58-18)51(48)37-26-40(55(9,10)11)30-41(27-37)56(12,13)14/h24-27,29-30,33-35,42-52H,19-23,28,31-32H2,1-18H3. The first kappa shape index (κ1) is 44.5. The van der Waals surface area contributed by atoms with Crippen LogP contribution < -0.4 is 0 Å². The highest BCUT2D eigenvalue weighted by Gasteiger charge is 2.58. The molecular formula is C57H90O. The zero-order valence-corrected chi connectivity index (χ0v) is 41.1. The minimum Gasteiger partial charge on any atom is -0.381 e. The van der Waals surface area contributed by atoms with E-state index in [0.29, 0.717) is 17.8 Å². The molecule has 0 bridgehead atoms. The van der Waals surface area contributed by atoms with Crippen LogP contribution >= 0.6 is 0 Å². The van der Waals surface area contributed by atoms with Gasteiger partial charge in [0.2, 0.25) is 0 Å². The molecule has 0 amide bonds. The van der Waals surface area contributed by atoms with E-state index in [1.165, 1.54) is 62.5 Å². The molecule has 2 aromatic rings. The van der Waals surface area contributed by atoms with Crippen LogP contribution in [0.5, 0.6) is 0 Å². The van der Waals surface area contributed by atoms with Gasteiger partial charge in [0.05, 0.1) is 6.10 Å². The Morgan fingerprint density at radius 1 is 0.483 bits per heavy atom. The van der Waals surface area contributed by atoms with Gasteiger partial charge in [-0.05, 0) is 170 Å². The second-order valence-electron chi connectivity index (χ2n) is 26.9. The van der Waals surface area contributed by atoms with Crippen LogP contribution in [0.3, 0.4) is 0 Å². The molecule has 0 aromatic heterocycles. The number of fused-ring (bicyclic) bond motifs is 3. The van der Waals surface area contributed by atoms with Crippen LogP contribution in [-0.2, 0) is 26.4 Å². The highest BCUT2D eigenvalue weighted by molar-refractivity contribution is 5.42. The molecule has 0 N–H and O–H groups in total. The topological polar surface area (TPSA) is 9.23 Å². The summed E-state index contributed by atoms with van der Waals surface area (Å²) < 4.78 is 6.80. The van der Waals surface area contributed by atoms with Crippen LogP contribution in [0.15, 0.2) is 36.4 Å². The number of methoxy groups -OCH3 is 1. The average Bonchev–Trinajstić information content (AvgIpc) is 3.78. The molecule has 0 saturated heterocycles. The zero-order chi connectivity index (χ0) is 42.7. The van der Waals surface area contributed by atoms with E-state index in [9.17, 15) is 0 Å². The van der Waals surface area contributed by atoms with Crippen molar-refractivity contribution in [3.8, 4) is 0 Å². The lowest BCUT2D eigenvalue weighted by atomic mass is 9.56. The third-order valence-corrected chi connectivity index (χ3v) is 18.0. The molecule has 14 unspecified atom stereocenters. The lowest BCUT2D eigenvalue weighted by Crippen LogP contribution is -2.48. The SMILES string of the molecule is COC1C(c2cc(C(C)(C)C)cc(C(C)(C)C)c2)C2CC(C)C(CC3C(C)CC4C3CC3CCCC3C4c3cc(C(C)(C)C)cc(C(C)(C)C)c3)C2CC1C(C)(C)C. The van der Waals surface area contributed by atoms with E-state index in [-0.39, 0.29) is 33.2 Å². The molecular weight excluding hydrogens is 701 g/mol. The Hall–Kier alpha value is -1.60. The van der Waals surface area contributed by atoms with Gasteiger partial charge >= 0.3 is 0 Å². The van der Waals surface area contributed by atoms with Crippen molar-refractivity contribution in [3.05, 3.63) is 69.8 Å². The van der Waals surface area contributed by atoms with E-state index >= 15 is 0 Å². The maximum Gasteiger partial charge on any atom is 0.0675 e. The molecule has 5 aliphatic carbocycles. The summed E-state index contributed by atoms with van der Waals surface area (Å²) in [4.78, 5) is 0. The molecule has 5 aliphatic rings. The van der Waals surface area contributed by atoms with E-state index in [1.54, 1.807) is 22.3 Å². The van der Waals surface area contributed by atoms with E-state index < -0.39 is 0 Å². The van der Waals surface area contributed by atoms with Gasteiger partial charge in [0.1, 0.15) is 0 Å². The van der Waals surface area contributed by atoms with Crippen molar-refractivity contribution < 1.29 is 4.74 Å². The molecule has 0 aliphatic heterocycles. The van der Waals surface area contributed by atoms with E-state index in [1.807, 2.05) is 7.11 Å². The number of hydrogen-bond acceptors (Lipinski definition) is 1. The van der Waals surface area contributed by atoms with Crippen molar-refractivity contribution in [3.63, 3.8) is 0 Å². The quantitative estimate of drug-likeness (QED) is 0.293. The maximum absolute atomic E-state index is 6.80. The van der Waals surface area contributed by atoms with E-state index in [4.69, 9.17) is 4.74 Å². The largest absolute Gasteiger partial charge is 0.381 e. The van der Waals surface area contributed by atoms with Crippen LogP contribution in [0.25, 0.3) is 0 Å². The van der Waals surface area contributed by atoms with Gasteiger partial charge in [0, 0.05) is 13.0 Å². The highest BCUT2D eigenvalue weighted by atomic mass is 16.5. The Kier molecular flexibility index (Phi) is 11.8. The number of hydrogen-bond donors (Lipinski definition) is 0. The third kappa shape index (κ3) is 8.34. The summed E-state index contributed by atoms with van der Waals surface area (Å²) in [6.45, 7) is 42.0. The Labute approximate surface area is 359 Å². The van der Waals surface area contributed by atoms with Gasteiger partial charge in [0.15, 0.2) is 0 Å². The first-order valence-corrected chi connectivity index (χ1v) is 24.5. The summed E-state index contributed by atoms with van der Waals surface area (Å²) in [5, 5.41) is 0. The average molecular weight is 791 g/mol. The fourth-order valence-corrected chi connectivity index (χ4v) is 14.6. The predicted molar refractivity (Wildman–Crippen MR) is 250 cm³/mol. The molecule has 0 heterocycles. The van der Waals surface area contributed by atoms with Crippen LogP contribution in [0.4, 0.5) is 0 Å². The van der Waals surface area contributed by atoms with Crippen molar-refractivity contribution >= 4 is 0 Å². The summed E-state index contributed by atoms with van der Waals surface area (Å²) in [5.74, 6) is 9.96. The Morgan fingerprint density at radius 3 is 1.31 bits per heavy atom. The van der Waals surface area contributed by atoms with Gasteiger partial charge < -0.3 is 4.74 Å². The fourth-order valence-electron chi connectivity index (χ4n) is 14.6. The van der Waals surface area contributed by atoms with Crippen LogP contribution in [0.1, 0.15) is 214 Å². The monoisotopic (exact) mass is 791 g/mol. The van der Waals surface area contributed by atoms with Gasteiger partial charge in [-0.25, -0.2) is 0 Å². The molecule has 0 radical (unpaired) electrons. The molecule has 1 heteroatoms. The fraction of sp³-hybridized carbons (Fsp3) is 0.789. The number of benzene rings is 2. The molecule has 2 aromatic carbocycles. The normalized spacial score (nSPS) is 37.1. The first-order chi connectivity index (χ1) is 26.7. The Morgan fingerprint density at radius 2 is 0.897 bits per heavy atom. The van der Waals surface area contributed by atoms with E-state index in [2.05, 4.69) is 154 Å². The van der Waals surface area contributed by atoms with Gasteiger partial charge in [-0.3, -0.25) is 0 Å². The van der Waals surface area contributed by atoms with Gasteiger partial charge in [-0.1, -0.05) is 167 Å². The first-order valence-electron chi connectivity index (χ1n) is 24.5. The van der Waals surface area contributed by atoms with Gasteiger partial charge in [0.25, 0.3) is 0 Å². The number of rotatable bonds is 5. The summed E-state index contributed by atoms with van der Waals surface area (Å²) in [6, 6.07) is 15.8. The van der Waals surface area contributed by atoms with Crippen LogP contribution in [-0.4, -0.2) is 13.2 Å². The predicted octanol–water partition coefficient (Wildman–Crippen LogP) is 15.8. The van der Waals surface area contributed by atoms with Crippen molar-refractivity contribution in [2.24, 2.45) is 70.5 Å². The lowest BCUT2D eigenvalue weighted by Gasteiger charge is -2.51. The molecule has 0 spiro atoms. The van der Waals surface area contributed by atoms with Gasteiger partial charge in [-0.15, -0.1) is 0 Å². The second kappa shape index (κ2) is 15.3. The third-order valence-electron chi connectivity index (χ3n) is 18.0. The maximum atomic E-state index is 6.80. The van der Waals surface area contributed by atoms with E-state index in [0.717, 1.165) is 59.2 Å². The van der Waals surface area contributed by atoms with Crippen LogP contribution in [0, 0.1) is 70.5 Å². The molecule has 14 atom stereocenters. The second-order valence-corrected chi connectivity index (χ2v) is 26.9. The lowest BCUT2D eigenvalue weighted by molar-refractivity contribution is -0.0760. The molecule has 5 saturated carbocycles. The minimum atomic E-state index is 0.106.